The lowest BCUT2D eigenvalue weighted by Gasteiger charge is -2.29. The monoisotopic (exact) mass is 387 g/mol. The number of nitrogens with zero attached hydrogens (tertiary/aromatic N) is 2. The number of nitrogens with one attached hydrogen (secondary N) is 1. The Balaban J connectivity index is 1.34. The second-order valence-corrected chi connectivity index (χ2v) is 8.02. The van der Waals surface area contributed by atoms with Gasteiger partial charge in [-0.15, -0.1) is 0 Å². The van der Waals surface area contributed by atoms with E-state index in [0.717, 1.165) is 42.6 Å². The largest absolute Gasteiger partial charge is 0.380 e. The molecule has 1 fully saturated rings. The zero-order valence-corrected chi connectivity index (χ0v) is 16.1. The lowest BCUT2D eigenvalue weighted by Crippen LogP contribution is -2.35. The van der Waals surface area contributed by atoms with Crippen LogP contribution >= 0.6 is 11.6 Å². The van der Waals surface area contributed by atoms with Crippen LogP contribution in [-0.2, 0) is 24.2 Å². The van der Waals surface area contributed by atoms with Gasteiger partial charge in [-0.25, -0.2) is 4.39 Å². The van der Waals surface area contributed by atoms with Gasteiger partial charge in [0.2, 0.25) is 5.91 Å². The Morgan fingerprint density at radius 1 is 1.30 bits per heavy atom. The summed E-state index contributed by atoms with van der Waals surface area (Å²) in [5, 5.41) is 3.60. The molecule has 0 spiro atoms. The summed E-state index contributed by atoms with van der Waals surface area (Å²) < 4.78 is 14.1. The van der Waals surface area contributed by atoms with Crippen molar-refractivity contribution in [1.29, 1.82) is 0 Å². The number of carbonyl (C=O) groups is 1. The van der Waals surface area contributed by atoms with E-state index in [1.807, 2.05) is 25.2 Å². The van der Waals surface area contributed by atoms with Gasteiger partial charge in [-0.3, -0.25) is 9.78 Å². The average molecular weight is 388 g/mol. The van der Waals surface area contributed by atoms with Crippen LogP contribution in [0, 0.1) is 11.7 Å². The Morgan fingerprint density at radius 2 is 2.11 bits per heavy atom. The van der Waals surface area contributed by atoms with Crippen LogP contribution in [0.2, 0.25) is 5.02 Å². The van der Waals surface area contributed by atoms with Crippen LogP contribution in [0.25, 0.3) is 0 Å². The van der Waals surface area contributed by atoms with E-state index in [-0.39, 0.29) is 28.7 Å². The van der Waals surface area contributed by atoms with Crippen molar-refractivity contribution < 1.29 is 9.18 Å². The van der Waals surface area contributed by atoms with Gasteiger partial charge in [-0.05, 0) is 55.0 Å². The summed E-state index contributed by atoms with van der Waals surface area (Å²) in [5.41, 5.74) is 3.48. The average Bonchev–Trinajstić information content (AvgIpc) is 3.02. The first-order chi connectivity index (χ1) is 13.0. The number of halogens is 2. The lowest BCUT2D eigenvalue weighted by molar-refractivity contribution is -0.137. The van der Waals surface area contributed by atoms with Crippen LogP contribution in [-0.4, -0.2) is 28.9 Å². The van der Waals surface area contributed by atoms with Crippen molar-refractivity contribution in [2.24, 2.45) is 5.92 Å². The third-order valence-corrected chi connectivity index (χ3v) is 5.93. The number of pyridine rings is 1. The van der Waals surface area contributed by atoms with Gasteiger partial charge in [0, 0.05) is 19.0 Å². The van der Waals surface area contributed by atoms with Crippen LogP contribution in [0.1, 0.15) is 36.1 Å². The van der Waals surface area contributed by atoms with Crippen molar-refractivity contribution >= 4 is 23.2 Å². The number of carbonyl (C=O) groups excluding carboxylic acids is 1. The lowest BCUT2D eigenvalue weighted by atomic mass is 9.84. The number of aromatic nitrogens is 1. The van der Waals surface area contributed by atoms with Crippen molar-refractivity contribution in [3.63, 3.8) is 0 Å². The van der Waals surface area contributed by atoms with Gasteiger partial charge in [0.05, 0.1) is 29.1 Å². The topological polar surface area (TPSA) is 45.2 Å². The maximum absolute atomic E-state index is 14.1. The second kappa shape index (κ2) is 7.47. The normalized spacial score (nSPS) is 18.7. The van der Waals surface area contributed by atoms with E-state index in [0.29, 0.717) is 18.5 Å². The van der Waals surface area contributed by atoms with Gasteiger partial charge < -0.3 is 10.2 Å². The molecule has 1 aromatic carbocycles. The summed E-state index contributed by atoms with van der Waals surface area (Å²) in [7, 11) is 1.84. The van der Waals surface area contributed by atoms with Crippen LogP contribution in [0.15, 0.2) is 30.5 Å². The molecule has 1 N–H and O–H groups in total. The predicted molar refractivity (Wildman–Crippen MR) is 104 cm³/mol. The summed E-state index contributed by atoms with van der Waals surface area (Å²) in [4.78, 5) is 18.5. The molecule has 4 nitrogen and oxygen atoms in total. The number of hydrogen-bond acceptors (Lipinski definition) is 3. The SMILES string of the molecule is CN(Cc1ccc(NC2Cc3ccc(Cl)c(F)c3C2)cn1)C(=O)C1CCC1. The number of hydrogen-bond donors (Lipinski definition) is 1. The number of amides is 1. The first-order valence-electron chi connectivity index (χ1n) is 9.43. The Bertz CT molecular complexity index is 851. The molecule has 1 saturated carbocycles. The molecule has 4 rings (SSSR count). The molecule has 27 heavy (non-hydrogen) atoms. The maximum atomic E-state index is 14.1. The van der Waals surface area contributed by atoms with Crippen molar-refractivity contribution in [3.05, 3.63) is 58.1 Å². The van der Waals surface area contributed by atoms with Gasteiger partial charge in [0.25, 0.3) is 0 Å². The van der Waals surface area contributed by atoms with Crippen molar-refractivity contribution in [2.75, 3.05) is 12.4 Å². The predicted octanol–water partition coefficient (Wildman–Crippen LogP) is 4.21. The van der Waals surface area contributed by atoms with Gasteiger partial charge >= 0.3 is 0 Å². The fraction of sp³-hybridized carbons (Fsp3) is 0.429. The Hall–Kier alpha value is -2.14. The molecular weight excluding hydrogens is 365 g/mol. The Morgan fingerprint density at radius 3 is 2.78 bits per heavy atom. The number of anilines is 1. The smallest absolute Gasteiger partial charge is 0.225 e. The molecule has 2 aliphatic rings. The minimum Gasteiger partial charge on any atom is -0.380 e. The Labute approximate surface area is 163 Å². The molecule has 2 aliphatic carbocycles. The van der Waals surface area contributed by atoms with E-state index in [9.17, 15) is 9.18 Å². The van der Waals surface area contributed by atoms with Gasteiger partial charge in [0.1, 0.15) is 5.82 Å². The van der Waals surface area contributed by atoms with E-state index in [4.69, 9.17) is 11.6 Å². The zero-order valence-electron chi connectivity index (χ0n) is 15.3. The number of rotatable bonds is 5. The van der Waals surface area contributed by atoms with E-state index < -0.39 is 0 Å². The third kappa shape index (κ3) is 3.79. The minimum absolute atomic E-state index is 0.128. The molecule has 1 unspecified atom stereocenters. The quantitative estimate of drug-likeness (QED) is 0.835. The molecule has 1 heterocycles. The van der Waals surface area contributed by atoms with E-state index >= 15 is 0 Å². The number of benzene rings is 1. The second-order valence-electron chi connectivity index (χ2n) is 7.61. The highest BCUT2D eigenvalue weighted by atomic mass is 35.5. The molecule has 0 aliphatic heterocycles. The first-order valence-corrected chi connectivity index (χ1v) is 9.81. The fourth-order valence-electron chi connectivity index (χ4n) is 3.86. The molecule has 1 atom stereocenters. The molecule has 1 aromatic heterocycles. The van der Waals surface area contributed by atoms with Crippen LogP contribution in [0.5, 0.6) is 0 Å². The molecule has 1 amide bonds. The first kappa shape index (κ1) is 18.2. The number of fused-ring (bicyclic) bond motifs is 1. The highest BCUT2D eigenvalue weighted by Gasteiger charge is 2.28. The van der Waals surface area contributed by atoms with E-state index in [1.54, 1.807) is 17.2 Å². The molecular formula is C21H23ClFN3O. The van der Waals surface area contributed by atoms with Crippen LogP contribution in [0.3, 0.4) is 0 Å². The highest BCUT2D eigenvalue weighted by molar-refractivity contribution is 6.30. The highest BCUT2D eigenvalue weighted by Crippen LogP contribution is 2.31. The summed E-state index contributed by atoms with van der Waals surface area (Å²) in [6.07, 6.45) is 6.34. The molecule has 142 valence electrons. The molecule has 6 heteroatoms. The van der Waals surface area contributed by atoms with Crippen LogP contribution in [0.4, 0.5) is 10.1 Å². The van der Waals surface area contributed by atoms with E-state index in [2.05, 4.69) is 10.3 Å². The standard InChI is InChI=1S/C21H23ClFN3O/c1-26(21(27)13-3-2-4-13)12-16-7-6-15(11-24-16)25-17-9-14-5-8-19(22)20(23)18(14)10-17/h5-8,11,13,17,25H,2-4,9-10,12H2,1H3. The zero-order chi connectivity index (χ0) is 19.0. The summed E-state index contributed by atoms with van der Waals surface area (Å²) >= 11 is 5.88. The summed E-state index contributed by atoms with van der Waals surface area (Å²) in [6, 6.07) is 7.56. The Kier molecular flexibility index (Phi) is 5.04. The van der Waals surface area contributed by atoms with Gasteiger partial charge in [-0.2, -0.15) is 0 Å². The maximum Gasteiger partial charge on any atom is 0.225 e. The van der Waals surface area contributed by atoms with Gasteiger partial charge in [-0.1, -0.05) is 24.1 Å². The summed E-state index contributed by atoms with van der Waals surface area (Å²) in [6.45, 7) is 0.522. The third-order valence-electron chi connectivity index (χ3n) is 5.64. The molecule has 0 radical (unpaired) electrons. The van der Waals surface area contributed by atoms with Crippen LogP contribution < -0.4 is 5.32 Å². The van der Waals surface area contributed by atoms with Gasteiger partial charge in [0.15, 0.2) is 0 Å². The van der Waals surface area contributed by atoms with Crippen molar-refractivity contribution in [3.8, 4) is 0 Å². The minimum atomic E-state index is -0.300. The van der Waals surface area contributed by atoms with Crippen molar-refractivity contribution in [2.45, 2.75) is 44.7 Å². The molecule has 2 aromatic rings. The fourth-order valence-corrected chi connectivity index (χ4v) is 4.03. The molecule has 0 bridgehead atoms. The van der Waals surface area contributed by atoms with E-state index in [1.165, 1.54) is 0 Å². The molecule has 0 saturated heterocycles. The van der Waals surface area contributed by atoms with Crippen molar-refractivity contribution in [1.82, 2.24) is 9.88 Å². The summed E-state index contributed by atoms with van der Waals surface area (Å²) in [5.74, 6) is 0.120.